The molecular weight excluding hydrogens is 509 g/mol. The average Bonchev–Trinajstić information content (AvgIpc) is 3.36. The van der Waals surface area contributed by atoms with Crippen LogP contribution in [0.15, 0.2) is 46.7 Å². The van der Waals surface area contributed by atoms with Gasteiger partial charge in [0.15, 0.2) is 28.2 Å². The second kappa shape index (κ2) is 10.0. The molecule has 5 rings (SSSR count). The van der Waals surface area contributed by atoms with E-state index in [0.29, 0.717) is 53.9 Å². The maximum Gasteiger partial charge on any atom is 0.243 e. The van der Waals surface area contributed by atoms with Crippen LogP contribution in [0.5, 0.6) is 17.2 Å². The molecule has 0 atom stereocenters. The number of nitrogens with one attached hydrogen (secondary N) is 1. The molecule has 1 fully saturated rings. The number of halogens is 1. The minimum absolute atomic E-state index is 0.139. The lowest BCUT2D eigenvalue weighted by molar-refractivity contribution is -0.120. The van der Waals surface area contributed by atoms with Crippen LogP contribution in [0.4, 0.5) is 9.52 Å². The molecule has 2 aromatic carbocycles. The third-order valence-electron chi connectivity index (χ3n) is 6.16. The molecule has 0 bridgehead atoms. The molecule has 1 amide bonds. The number of nitrogens with zero attached hydrogens (tertiary/aromatic N) is 2. The Kier molecular flexibility index (Phi) is 6.82. The summed E-state index contributed by atoms with van der Waals surface area (Å²) in [4.78, 5) is 17.3. The van der Waals surface area contributed by atoms with E-state index >= 15 is 0 Å². The van der Waals surface area contributed by atoms with Gasteiger partial charge in [-0.05, 0) is 43.2 Å². The van der Waals surface area contributed by atoms with Crippen molar-refractivity contribution >= 4 is 32.4 Å². The van der Waals surface area contributed by atoms with Crippen molar-refractivity contribution in [1.29, 1.82) is 0 Å². The molecule has 36 heavy (non-hydrogen) atoms. The predicted octanol–water partition coefficient (Wildman–Crippen LogP) is 3.77. The number of fused-ring (bicyclic) bond motifs is 1. The molecule has 2 aliphatic heterocycles. The van der Waals surface area contributed by atoms with E-state index < -0.39 is 15.8 Å². The minimum atomic E-state index is -3.72. The molecule has 1 saturated heterocycles. The van der Waals surface area contributed by atoms with E-state index in [1.54, 1.807) is 17.5 Å². The van der Waals surface area contributed by atoms with E-state index in [9.17, 15) is 17.6 Å². The van der Waals surface area contributed by atoms with Gasteiger partial charge in [-0.2, -0.15) is 4.31 Å². The number of hydrogen-bond acceptors (Lipinski definition) is 8. The van der Waals surface area contributed by atoms with Crippen LogP contribution in [0, 0.1) is 11.7 Å². The highest BCUT2D eigenvalue weighted by Gasteiger charge is 2.33. The van der Waals surface area contributed by atoms with E-state index in [1.807, 2.05) is 0 Å². The highest BCUT2D eigenvalue weighted by atomic mass is 32.2. The molecule has 0 spiro atoms. The summed E-state index contributed by atoms with van der Waals surface area (Å²) in [5.41, 5.74) is 1.11. The summed E-state index contributed by atoms with van der Waals surface area (Å²) >= 11 is 1.24. The van der Waals surface area contributed by atoms with Crippen LogP contribution in [0.1, 0.15) is 12.8 Å². The molecule has 1 aromatic heterocycles. The van der Waals surface area contributed by atoms with Crippen molar-refractivity contribution in [2.45, 2.75) is 17.7 Å². The minimum Gasteiger partial charge on any atom is -0.494 e. The molecule has 0 saturated carbocycles. The van der Waals surface area contributed by atoms with Gasteiger partial charge < -0.3 is 19.5 Å². The van der Waals surface area contributed by atoms with Crippen molar-refractivity contribution in [2.24, 2.45) is 5.92 Å². The number of amides is 1. The Hall–Kier alpha value is -3.22. The topological polar surface area (TPSA) is 107 Å². The van der Waals surface area contributed by atoms with Crippen LogP contribution in [0.2, 0.25) is 0 Å². The van der Waals surface area contributed by atoms with Crippen molar-refractivity contribution in [3.63, 3.8) is 0 Å². The Bertz CT molecular complexity index is 1390. The molecule has 0 radical (unpaired) electrons. The van der Waals surface area contributed by atoms with Gasteiger partial charge in [0.05, 0.1) is 17.7 Å². The molecule has 1 N–H and O–H groups in total. The number of aromatic nitrogens is 1. The number of methoxy groups -OCH3 is 1. The van der Waals surface area contributed by atoms with Gasteiger partial charge in [0.25, 0.3) is 0 Å². The lowest BCUT2D eigenvalue weighted by Gasteiger charge is -2.30. The second-order valence-electron chi connectivity index (χ2n) is 8.36. The zero-order chi connectivity index (χ0) is 25.3. The number of sulfonamides is 1. The van der Waals surface area contributed by atoms with Crippen LogP contribution < -0.4 is 19.5 Å². The van der Waals surface area contributed by atoms with Gasteiger partial charge in [-0.15, -0.1) is 11.3 Å². The lowest BCUT2D eigenvalue weighted by atomic mass is 9.97. The fourth-order valence-corrected chi connectivity index (χ4v) is 6.40. The lowest BCUT2D eigenvalue weighted by Crippen LogP contribution is -2.41. The van der Waals surface area contributed by atoms with Gasteiger partial charge in [0.1, 0.15) is 13.2 Å². The first-order valence-corrected chi connectivity index (χ1v) is 13.7. The maximum absolute atomic E-state index is 14.0. The molecule has 0 aliphatic carbocycles. The summed E-state index contributed by atoms with van der Waals surface area (Å²) < 4.78 is 57.6. The number of hydrogen-bond donors (Lipinski definition) is 1. The van der Waals surface area contributed by atoms with Crippen molar-refractivity contribution in [3.05, 3.63) is 47.6 Å². The number of benzene rings is 2. The third kappa shape index (κ3) is 4.88. The summed E-state index contributed by atoms with van der Waals surface area (Å²) in [7, 11) is -2.33. The van der Waals surface area contributed by atoms with Gasteiger partial charge >= 0.3 is 0 Å². The summed E-state index contributed by atoms with van der Waals surface area (Å²) in [5.74, 6) is 0.0295. The van der Waals surface area contributed by atoms with Crippen LogP contribution in [-0.4, -0.2) is 57.0 Å². The van der Waals surface area contributed by atoms with Gasteiger partial charge in [0.2, 0.25) is 15.9 Å². The molecule has 190 valence electrons. The third-order valence-corrected chi connectivity index (χ3v) is 8.81. The molecule has 9 nitrogen and oxygen atoms in total. The second-order valence-corrected chi connectivity index (χ2v) is 11.2. The summed E-state index contributed by atoms with van der Waals surface area (Å²) in [6, 6.07) is 9.14. The number of piperidine rings is 1. The number of carbonyl (C=O) groups is 1. The van der Waals surface area contributed by atoms with Crippen molar-refractivity contribution in [2.75, 3.05) is 38.7 Å². The monoisotopic (exact) mass is 533 g/mol. The van der Waals surface area contributed by atoms with Crippen LogP contribution in [0.25, 0.3) is 11.3 Å². The fourth-order valence-electron chi connectivity index (χ4n) is 4.19. The van der Waals surface area contributed by atoms with E-state index in [-0.39, 0.29) is 35.6 Å². The largest absolute Gasteiger partial charge is 0.494 e. The van der Waals surface area contributed by atoms with Crippen molar-refractivity contribution in [3.8, 4) is 28.5 Å². The van der Waals surface area contributed by atoms with E-state index in [2.05, 4.69) is 10.3 Å². The van der Waals surface area contributed by atoms with Gasteiger partial charge in [-0.3, -0.25) is 4.79 Å². The number of thiazole rings is 1. The smallest absolute Gasteiger partial charge is 0.243 e. The summed E-state index contributed by atoms with van der Waals surface area (Å²) in [5, 5.41) is 4.95. The van der Waals surface area contributed by atoms with Crippen LogP contribution in [-0.2, 0) is 14.8 Å². The van der Waals surface area contributed by atoms with E-state index in [4.69, 9.17) is 14.2 Å². The standard InChI is InChI=1S/C24H24FN3O6S2/c1-32-20-4-2-16(12-18(20)25)19-14-35-24(26-19)27-23(29)15-6-8-28(9-7-15)36(30,31)17-3-5-21-22(13-17)34-11-10-33-21/h2-5,12-15H,6-11H2,1H3,(H,26,27,29). The number of rotatable bonds is 6. The Morgan fingerprint density at radius 3 is 2.61 bits per heavy atom. The Morgan fingerprint density at radius 2 is 1.89 bits per heavy atom. The van der Waals surface area contributed by atoms with Gasteiger partial charge in [-0.1, -0.05) is 0 Å². The predicted molar refractivity (Wildman–Crippen MR) is 132 cm³/mol. The summed E-state index contributed by atoms with van der Waals surface area (Å²) in [6.07, 6.45) is 0.773. The summed E-state index contributed by atoms with van der Waals surface area (Å²) in [6.45, 7) is 1.25. The normalized spacial score (nSPS) is 16.5. The van der Waals surface area contributed by atoms with Crippen molar-refractivity contribution < 1.29 is 31.8 Å². The molecule has 12 heteroatoms. The zero-order valence-electron chi connectivity index (χ0n) is 19.4. The SMILES string of the molecule is COc1ccc(-c2csc(NC(=O)C3CCN(S(=O)(=O)c4ccc5c(c4)OCCO5)CC3)n2)cc1F. The number of ether oxygens (including phenoxy) is 3. The van der Waals surface area contributed by atoms with Gasteiger partial charge in [0, 0.05) is 36.0 Å². The maximum atomic E-state index is 14.0. The number of carbonyl (C=O) groups excluding carboxylic acids is 1. The highest BCUT2D eigenvalue weighted by molar-refractivity contribution is 7.89. The van der Waals surface area contributed by atoms with E-state index in [1.165, 1.54) is 47.0 Å². The Morgan fingerprint density at radius 1 is 1.14 bits per heavy atom. The quantitative estimate of drug-likeness (QED) is 0.514. The zero-order valence-corrected chi connectivity index (χ0v) is 21.0. The first kappa shape index (κ1) is 24.5. The first-order chi connectivity index (χ1) is 17.3. The molecule has 0 unspecified atom stereocenters. The van der Waals surface area contributed by atoms with Crippen molar-refractivity contribution in [1.82, 2.24) is 9.29 Å². The number of anilines is 1. The first-order valence-electron chi connectivity index (χ1n) is 11.4. The van der Waals surface area contributed by atoms with Crippen LogP contribution >= 0.6 is 11.3 Å². The highest BCUT2D eigenvalue weighted by Crippen LogP contribution is 2.34. The Balaban J connectivity index is 1.19. The molecule has 3 heterocycles. The Labute approximate surface area is 211 Å². The van der Waals surface area contributed by atoms with Gasteiger partial charge in [-0.25, -0.2) is 17.8 Å². The van der Waals surface area contributed by atoms with Crippen LogP contribution in [0.3, 0.4) is 0 Å². The fraction of sp³-hybridized carbons (Fsp3) is 0.333. The average molecular weight is 534 g/mol. The molecular formula is C24H24FN3O6S2. The van der Waals surface area contributed by atoms with E-state index in [0.717, 1.165) is 0 Å². The molecule has 3 aromatic rings. The molecule has 2 aliphatic rings.